The summed E-state index contributed by atoms with van der Waals surface area (Å²) in [4.78, 5) is 12.1. The van der Waals surface area contributed by atoms with E-state index in [0.717, 1.165) is 17.9 Å². The zero-order valence-electron chi connectivity index (χ0n) is 10.1. The predicted octanol–water partition coefficient (Wildman–Crippen LogP) is 2.94. The van der Waals surface area contributed by atoms with Gasteiger partial charge in [-0.3, -0.25) is 4.79 Å². The number of hydrogen-bond acceptors (Lipinski definition) is 3. The van der Waals surface area contributed by atoms with Crippen LogP contribution in [0.15, 0.2) is 23.1 Å². The number of carbonyl (C=O) groups is 1. The van der Waals surface area contributed by atoms with Gasteiger partial charge < -0.3 is 11.1 Å². The van der Waals surface area contributed by atoms with Gasteiger partial charge in [-0.2, -0.15) is 0 Å². The van der Waals surface area contributed by atoms with E-state index in [9.17, 15) is 4.79 Å². The number of primary amides is 1. The maximum atomic E-state index is 11.3. The first kappa shape index (κ1) is 15.6. The first-order chi connectivity index (χ1) is 8.54. The lowest BCUT2D eigenvalue weighted by Crippen LogP contribution is -2.43. The number of carbonyl (C=O) groups excluding carboxylic acids is 1. The van der Waals surface area contributed by atoms with Gasteiger partial charge >= 0.3 is 0 Å². The Morgan fingerprint density at radius 3 is 2.83 bits per heavy atom. The molecule has 1 rings (SSSR count). The van der Waals surface area contributed by atoms with Crippen molar-refractivity contribution in [1.82, 2.24) is 5.32 Å². The standard InChI is InChI=1S/C12H16Cl2N2OS/c1-2-5-16-10(12(15)17)7-18-11-6-8(13)3-4-9(11)14/h3-4,6,10,16H,2,5,7H2,1H3,(H2,15,17). The molecule has 0 aliphatic carbocycles. The van der Waals surface area contributed by atoms with Gasteiger partial charge in [-0.1, -0.05) is 30.1 Å². The van der Waals surface area contributed by atoms with Crippen molar-refractivity contribution in [3.8, 4) is 0 Å². The molecule has 3 N–H and O–H groups in total. The second kappa shape index (κ2) is 7.89. The third-order valence-corrected chi connectivity index (χ3v) is 4.11. The van der Waals surface area contributed by atoms with Gasteiger partial charge in [0.25, 0.3) is 0 Å². The first-order valence-corrected chi connectivity index (χ1v) is 7.39. The molecule has 0 bridgehead atoms. The first-order valence-electron chi connectivity index (χ1n) is 5.65. The fourth-order valence-electron chi connectivity index (χ4n) is 1.32. The number of rotatable bonds is 7. The van der Waals surface area contributed by atoms with Gasteiger partial charge in [0.05, 0.1) is 11.1 Å². The third kappa shape index (κ3) is 5.06. The average Bonchev–Trinajstić information content (AvgIpc) is 2.33. The molecule has 1 aromatic carbocycles. The summed E-state index contributed by atoms with van der Waals surface area (Å²) >= 11 is 13.4. The summed E-state index contributed by atoms with van der Waals surface area (Å²) in [7, 11) is 0. The Kier molecular flexibility index (Phi) is 6.86. The van der Waals surface area contributed by atoms with E-state index in [1.165, 1.54) is 11.8 Å². The quantitative estimate of drug-likeness (QED) is 0.762. The van der Waals surface area contributed by atoms with E-state index in [1.807, 2.05) is 6.92 Å². The third-order valence-electron chi connectivity index (χ3n) is 2.28. The predicted molar refractivity (Wildman–Crippen MR) is 78.5 cm³/mol. The Bertz CT molecular complexity index is 415. The highest BCUT2D eigenvalue weighted by Crippen LogP contribution is 2.30. The molecular weight excluding hydrogens is 291 g/mol. The normalized spacial score (nSPS) is 12.4. The van der Waals surface area contributed by atoms with Crippen LogP contribution in [-0.4, -0.2) is 24.2 Å². The van der Waals surface area contributed by atoms with Crippen LogP contribution in [0.1, 0.15) is 13.3 Å². The Balaban J connectivity index is 2.60. The lowest BCUT2D eigenvalue weighted by Gasteiger charge is -2.14. The van der Waals surface area contributed by atoms with Crippen LogP contribution in [0.5, 0.6) is 0 Å². The van der Waals surface area contributed by atoms with Gasteiger partial charge in [0.15, 0.2) is 0 Å². The lowest BCUT2D eigenvalue weighted by molar-refractivity contribution is -0.119. The number of nitrogens with one attached hydrogen (secondary N) is 1. The summed E-state index contributed by atoms with van der Waals surface area (Å²) in [5.74, 6) is 0.184. The van der Waals surface area contributed by atoms with Crippen LogP contribution in [0.4, 0.5) is 0 Å². The molecule has 0 spiro atoms. The summed E-state index contributed by atoms with van der Waals surface area (Å²) in [5.41, 5.74) is 5.34. The van der Waals surface area contributed by atoms with E-state index in [2.05, 4.69) is 5.32 Å². The zero-order valence-corrected chi connectivity index (χ0v) is 12.4. The lowest BCUT2D eigenvalue weighted by atomic mass is 10.3. The van der Waals surface area contributed by atoms with Crippen LogP contribution in [0.25, 0.3) is 0 Å². The summed E-state index contributed by atoms with van der Waals surface area (Å²) < 4.78 is 0. The highest BCUT2D eigenvalue weighted by atomic mass is 35.5. The number of hydrogen-bond donors (Lipinski definition) is 2. The van der Waals surface area contributed by atoms with Crippen LogP contribution in [0, 0.1) is 0 Å². The average molecular weight is 307 g/mol. The van der Waals surface area contributed by atoms with Crippen LogP contribution in [0.3, 0.4) is 0 Å². The van der Waals surface area contributed by atoms with Crippen molar-refractivity contribution in [1.29, 1.82) is 0 Å². The highest BCUT2D eigenvalue weighted by Gasteiger charge is 2.15. The highest BCUT2D eigenvalue weighted by molar-refractivity contribution is 7.99. The Morgan fingerprint density at radius 2 is 2.22 bits per heavy atom. The SMILES string of the molecule is CCCNC(CSc1cc(Cl)ccc1Cl)C(N)=O. The van der Waals surface area contributed by atoms with Gasteiger partial charge in [0.2, 0.25) is 5.91 Å². The minimum atomic E-state index is -0.356. The van der Waals surface area contributed by atoms with Crippen molar-refractivity contribution >= 4 is 40.9 Å². The molecule has 1 unspecified atom stereocenters. The second-order valence-electron chi connectivity index (χ2n) is 3.79. The number of thioether (sulfide) groups is 1. The fourth-order valence-corrected chi connectivity index (χ4v) is 2.88. The molecule has 1 aromatic rings. The molecule has 0 aromatic heterocycles. The van der Waals surface area contributed by atoms with Crippen LogP contribution in [-0.2, 0) is 4.79 Å². The van der Waals surface area contributed by atoms with Crippen molar-refractivity contribution in [3.05, 3.63) is 28.2 Å². The molecule has 3 nitrogen and oxygen atoms in total. The van der Waals surface area contributed by atoms with Crippen LogP contribution < -0.4 is 11.1 Å². The van der Waals surface area contributed by atoms with E-state index in [4.69, 9.17) is 28.9 Å². The van der Waals surface area contributed by atoms with Gasteiger partial charge in [0.1, 0.15) is 0 Å². The Labute approximate surface area is 121 Å². The molecule has 1 amide bonds. The van der Waals surface area contributed by atoms with Crippen molar-refractivity contribution in [2.45, 2.75) is 24.3 Å². The van der Waals surface area contributed by atoms with Crippen molar-refractivity contribution in [2.24, 2.45) is 5.73 Å². The van der Waals surface area contributed by atoms with Crippen LogP contribution in [0.2, 0.25) is 10.0 Å². The smallest absolute Gasteiger partial charge is 0.235 e. The van der Waals surface area contributed by atoms with Gasteiger partial charge in [-0.25, -0.2) is 0 Å². The molecule has 100 valence electrons. The molecule has 6 heteroatoms. The summed E-state index contributed by atoms with van der Waals surface area (Å²) in [5, 5.41) is 4.35. The topological polar surface area (TPSA) is 55.1 Å². The summed E-state index contributed by atoms with van der Waals surface area (Å²) in [6.45, 7) is 2.80. The monoisotopic (exact) mass is 306 g/mol. The largest absolute Gasteiger partial charge is 0.368 e. The van der Waals surface area contributed by atoms with Crippen molar-refractivity contribution in [2.75, 3.05) is 12.3 Å². The van der Waals surface area contributed by atoms with Gasteiger partial charge in [-0.15, -0.1) is 11.8 Å². The second-order valence-corrected chi connectivity index (χ2v) is 5.70. The Hall–Kier alpha value is -0.420. The molecule has 0 aliphatic heterocycles. The van der Waals surface area contributed by atoms with E-state index in [1.54, 1.807) is 18.2 Å². The molecular formula is C12H16Cl2N2OS. The molecule has 0 fully saturated rings. The van der Waals surface area contributed by atoms with Crippen LogP contribution >= 0.6 is 35.0 Å². The number of benzene rings is 1. The molecule has 0 radical (unpaired) electrons. The van der Waals surface area contributed by atoms with E-state index < -0.39 is 0 Å². The Morgan fingerprint density at radius 1 is 1.50 bits per heavy atom. The molecule has 0 saturated heterocycles. The van der Waals surface area contributed by atoms with Crippen molar-refractivity contribution < 1.29 is 4.79 Å². The molecule has 18 heavy (non-hydrogen) atoms. The summed E-state index contributed by atoms with van der Waals surface area (Å²) in [6.07, 6.45) is 0.951. The van der Waals surface area contributed by atoms with E-state index >= 15 is 0 Å². The zero-order chi connectivity index (χ0) is 13.5. The summed E-state index contributed by atoms with van der Waals surface area (Å²) in [6, 6.07) is 4.90. The maximum Gasteiger partial charge on any atom is 0.235 e. The molecule has 1 atom stereocenters. The minimum Gasteiger partial charge on any atom is -0.368 e. The molecule has 0 heterocycles. The van der Waals surface area contributed by atoms with E-state index in [-0.39, 0.29) is 11.9 Å². The fraction of sp³-hybridized carbons (Fsp3) is 0.417. The molecule has 0 aliphatic rings. The van der Waals surface area contributed by atoms with Gasteiger partial charge in [-0.05, 0) is 31.2 Å². The van der Waals surface area contributed by atoms with Gasteiger partial charge in [0, 0.05) is 15.7 Å². The minimum absolute atomic E-state index is 0.353. The van der Waals surface area contributed by atoms with Crippen molar-refractivity contribution in [3.63, 3.8) is 0 Å². The number of amides is 1. The maximum absolute atomic E-state index is 11.3. The number of halogens is 2. The van der Waals surface area contributed by atoms with E-state index in [0.29, 0.717) is 15.8 Å². The molecule has 0 saturated carbocycles. The number of nitrogens with two attached hydrogens (primary N) is 1.